The number of fused-ring (bicyclic) bond motifs is 2. The lowest BCUT2D eigenvalue weighted by Crippen LogP contribution is -2.68. The molecule has 3 aromatic carbocycles. The van der Waals surface area contributed by atoms with Crippen molar-refractivity contribution in [1.82, 2.24) is 14.7 Å². The van der Waals surface area contributed by atoms with E-state index in [2.05, 4.69) is 0 Å². The van der Waals surface area contributed by atoms with Crippen LogP contribution < -0.4 is 0 Å². The van der Waals surface area contributed by atoms with Crippen LogP contribution in [0.2, 0.25) is 0 Å². The van der Waals surface area contributed by atoms with Crippen LogP contribution in [0.1, 0.15) is 36.5 Å². The summed E-state index contributed by atoms with van der Waals surface area (Å²) >= 11 is 0. The molecule has 2 aliphatic heterocycles. The number of benzene rings is 3. The van der Waals surface area contributed by atoms with E-state index in [1.807, 2.05) is 97.9 Å². The largest absolute Gasteiger partial charge is 0.480 e. The zero-order valence-corrected chi connectivity index (χ0v) is 21.7. The molecule has 0 saturated carbocycles. The first kappa shape index (κ1) is 25.5. The molecule has 1 N–H and O–H groups in total. The van der Waals surface area contributed by atoms with Gasteiger partial charge in [-0.2, -0.15) is 0 Å². The minimum atomic E-state index is -1.12. The summed E-state index contributed by atoms with van der Waals surface area (Å²) in [6, 6.07) is 26.6. The first-order valence-corrected chi connectivity index (χ1v) is 13.0. The second kappa shape index (κ2) is 10.3. The van der Waals surface area contributed by atoms with E-state index in [-0.39, 0.29) is 24.5 Å². The van der Waals surface area contributed by atoms with Crippen LogP contribution in [0.15, 0.2) is 91.0 Å². The van der Waals surface area contributed by atoms with E-state index in [9.17, 15) is 19.5 Å². The molecule has 3 amide bonds. The summed E-state index contributed by atoms with van der Waals surface area (Å²) in [6.07, 6.45) is 1.21. The molecule has 7 nitrogen and oxygen atoms in total. The zero-order valence-electron chi connectivity index (χ0n) is 21.7. The number of hydrogen-bond acceptors (Lipinski definition) is 3. The second-order valence-corrected chi connectivity index (χ2v) is 10.4. The summed E-state index contributed by atoms with van der Waals surface area (Å²) in [5.74, 6) is -1.35. The first-order chi connectivity index (χ1) is 18.3. The van der Waals surface area contributed by atoms with Gasteiger partial charge in [0.05, 0.1) is 17.5 Å². The monoisotopic (exact) mass is 511 g/mol. The summed E-state index contributed by atoms with van der Waals surface area (Å²) in [5.41, 5.74) is 1.52. The lowest BCUT2D eigenvalue weighted by molar-refractivity contribution is -0.158. The number of carboxylic acid groups (broad SMARTS) is 1. The highest BCUT2D eigenvalue weighted by Crippen LogP contribution is 2.40. The predicted octanol–water partition coefficient (Wildman–Crippen LogP) is 4.37. The Kier molecular flexibility index (Phi) is 6.93. The maximum Gasteiger partial charge on any atom is 0.328 e. The highest BCUT2D eigenvalue weighted by atomic mass is 16.4. The molecular formula is C31H33N3O4. The van der Waals surface area contributed by atoms with Gasteiger partial charge in [-0.1, -0.05) is 91.0 Å². The standard InChI is InChI=1S/C31H33N3O4/c1-31(23-14-8-4-9-15-23,24-16-10-5-11-17-24)29(37)33-21-25-18-19-26(27(33)28(35)36)34(25)30(38)32(2)20-22-12-6-3-7-13-22/h3-17,25-27H,18-21H2,1-2H3,(H,35,36)/t25?,26-,27+/m1/s1. The van der Waals surface area contributed by atoms with Crippen LogP contribution in [0.5, 0.6) is 0 Å². The maximum absolute atomic E-state index is 14.5. The molecule has 0 aliphatic carbocycles. The zero-order chi connectivity index (χ0) is 26.9. The molecule has 5 rings (SSSR count). The predicted molar refractivity (Wildman–Crippen MR) is 144 cm³/mol. The molecule has 2 aliphatic rings. The fourth-order valence-electron chi connectivity index (χ4n) is 6.12. The Morgan fingerprint density at radius 2 is 1.39 bits per heavy atom. The summed E-state index contributed by atoms with van der Waals surface area (Å²) in [7, 11) is 1.74. The highest BCUT2D eigenvalue weighted by Gasteiger charge is 2.55. The molecule has 3 atom stereocenters. The average molecular weight is 512 g/mol. The van der Waals surface area contributed by atoms with Crippen molar-refractivity contribution in [2.24, 2.45) is 0 Å². The van der Waals surface area contributed by atoms with E-state index in [0.717, 1.165) is 16.7 Å². The maximum atomic E-state index is 14.5. The van der Waals surface area contributed by atoms with Crippen LogP contribution in [-0.2, 0) is 21.5 Å². The first-order valence-electron chi connectivity index (χ1n) is 13.0. The lowest BCUT2D eigenvalue weighted by atomic mass is 9.74. The van der Waals surface area contributed by atoms with Crippen molar-refractivity contribution in [1.29, 1.82) is 0 Å². The molecule has 2 saturated heterocycles. The number of urea groups is 1. The molecule has 2 heterocycles. The lowest BCUT2D eigenvalue weighted by Gasteiger charge is -2.48. The smallest absolute Gasteiger partial charge is 0.328 e. The van der Waals surface area contributed by atoms with E-state index >= 15 is 0 Å². The van der Waals surface area contributed by atoms with Crippen LogP contribution in [-0.4, -0.2) is 69.4 Å². The van der Waals surface area contributed by atoms with Crippen molar-refractivity contribution in [3.05, 3.63) is 108 Å². The molecule has 3 aromatic rings. The topological polar surface area (TPSA) is 81.2 Å². The number of amides is 3. The van der Waals surface area contributed by atoms with Crippen molar-refractivity contribution in [2.45, 2.75) is 49.9 Å². The molecule has 1 unspecified atom stereocenters. The SMILES string of the molecule is CN(Cc1ccccc1)C(=O)N1C2CC[C@@H]1[C@@H](C(=O)O)N(C(=O)C(C)(c1ccccc1)c1ccccc1)C2. The third-order valence-corrected chi connectivity index (χ3v) is 8.11. The molecule has 196 valence electrons. The Morgan fingerprint density at radius 3 is 1.92 bits per heavy atom. The Labute approximate surface area is 223 Å². The number of carbonyl (C=O) groups is 3. The number of rotatable bonds is 6. The van der Waals surface area contributed by atoms with Crippen LogP contribution in [0.4, 0.5) is 4.79 Å². The van der Waals surface area contributed by atoms with Gasteiger partial charge in [0.25, 0.3) is 0 Å². The number of likely N-dealkylation sites (tertiary alicyclic amines) is 1. The average Bonchev–Trinajstić information content (AvgIpc) is 3.25. The van der Waals surface area contributed by atoms with Gasteiger partial charge in [0, 0.05) is 20.1 Å². The fourth-order valence-corrected chi connectivity index (χ4v) is 6.12. The van der Waals surface area contributed by atoms with Crippen molar-refractivity contribution in [3.63, 3.8) is 0 Å². The van der Waals surface area contributed by atoms with Crippen LogP contribution in [0.3, 0.4) is 0 Å². The molecular weight excluding hydrogens is 478 g/mol. The van der Waals surface area contributed by atoms with Crippen LogP contribution >= 0.6 is 0 Å². The Bertz CT molecular complexity index is 1260. The van der Waals surface area contributed by atoms with Crippen molar-refractivity contribution < 1.29 is 19.5 Å². The summed E-state index contributed by atoms with van der Waals surface area (Å²) in [5, 5.41) is 10.4. The van der Waals surface area contributed by atoms with Gasteiger partial charge in [-0.3, -0.25) is 4.79 Å². The highest BCUT2D eigenvalue weighted by molar-refractivity contribution is 5.95. The second-order valence-electron chi connectivity index (χ2n) is 10.4. The van der Waals surface area contributed by atoms with Gasteiger partial charge < -0.3 is 19.8 Å². The van der Waals surface area contributed by atoms with Crippen molar-refractivity contribution in [2.75, 3.05) is 13.6 Å². The third kappa shape index (κ3) is 4.42. The number of hydrogen-bond donors (Lipinski definition) is 1. The number of aliphatic carboxylic acids is 1. The molecule has 7 heteroatoms. The normalized spacial score (nSPS) is 20.7. The minimum absolute atomic E-state index is 0.187. The van der Waals surface area contributed by atoms with Gasteiger partial charge >= 0.3 is 12.0 Å². The van der Waals surface area contributed by atoms with Gasteiger partial charge in [-0.05, 0) is 36.5 Å². The molecule has 0 spiro atoms. The fraction of sp³-hybridized carbons (Fsp3) is 0.323. The number of nitrogens with zero attached hydrogens (tertiary/aromatic N) is 3. The Hall–Kier alpha value is -4.13. The van der Waals surface area contributed by atoms with Crippen LogP contribution in [0.25, 0.3) is 0 Å². The number of carboxylic acids is 1. The van der Waals surface area contributed by atoms with E-state index < -0.39 is 23.5 Å². The Morgan fingerprint density at radius 1 is 0.868 bits per heavy atom. The molecule has 0 aromatic heterocycles. The van der Waals surface area contributed by atoms with Crippen molar-refractivity contribution in [3.8, 4) is 0 Å². The number of carbonyl (C=O) groups excluding carboxylic acids is 2. The summed E-state index contributed by atoms with van der Waals surface area (Å²) in [4.78, 5) is 45.7. The van der Waals surface area contributed by atoms with Gasteiger partial charge in [0.2, 0.25) is 5.91 Å². The van der Waals surface area contributed by atoms with E-state index in [4.69, 9.17) is 0 Å². The Balaban J connectivity index is 1.47. The summed E-state index contributed by atoms with van der Waals surface area (Å²) < 4.78 is 0. The number of piperazine rings is 1. The molecule has 38 heavy (non-hydrogen) atoms. The van der Waals surface area contributed by atoms with Gasteiger partial charge in [0.1, 0.15) is 6.04 Å². The quantitative estimate of drug-likeness (QED) is 0.533. The van der Waals surface area contributed by atoms with E-state index in [1.54, 1.807) is 16.8 Å². The van der Waals surface area contributed by atoms with E-state index in [1.165, 1.54) is 4.90 Å². The van der Waals surface area contributed by atoms with Crippen molar-refractivity contribution >= 4 is 17.9 Å². The van der Waals surface area contributed by atoms with Gasteiger partial charge in [-0.25, -0.2) is 9.59 Å². The molecule has 2 fully saturated rings. The summed E-state index contributed by atoms with van der Waals surface area (Å²) in [6.45, 7) is 2.48. The van der Waals surface area contributed by atoms with Gasteiger partial charge in [0.15, 0.2) is 0 Å². The molecule has 2 bridgehead atoms. The van der Waals surface area contributed by atoms with E-state index in [0.29, 0.717) is 19.4 Å². The molecule has 0 radical (unpaired) electrons. The minimum Gasteiger partial charge on any atom is -0.480 e. The van der Waals surface area contributed by atoms with Gasteiger partial charge in [-0.15, -0.1) is 0 Å². The third-order valence-electron chi connectivity index (χ3n) is 8.11. The van der Waals surface area contributed by atoms with Crippen LogP contribution in [0, 0.1) is 0 Å².